The predicted octanol–water partition coefficient (Wildman–Crippen LogP) is 2.17. The van der Waals surface area contributed by atoms with E-state index in [1.807, 2.05) is 0 Å². The molecule has 2 heteroatoms. The van der Waals surface area contributed by atoms with E-state index < -0.39 is 0 Å². The Morgan fingerprint density at radius 1 is 1.27 bits per heavy atom. The van der Waals surface area contributed by atoms with Crippen LogP contribution in [-0.2, 0) is 0 Å². The fourth-order valence-electron chi connectivity index (χ4n) is 3.58. The molecular weight excluding hydrogens is 186 g/mol. The van der Waals surface area contributed by atoms with Gasteiger partial charge in [-0.05, 0) is 56.4 Å². The first-order chi connectivity index (χ1) is 7.09. The van der Waals surface area contributed by atoms with E-state index in [1.165, 1.54) is 32.1 Å². The van der Waals surface area contributed by atoms with E-state index in [-0.39, 0.29) is 6.10 Å². The average molecular weight is 211 g/mol. The lowest BCUT2D eigenvalue weighted by Crippen LogP contribution is -2.56. The average Bonchev–Trinajstić information content (AvgIpc) is 2.25. The van der Waals surface area contributed by atoms with Crippen LogP contribution >= 0.6 is 0 Å². The summed E-state index contributed by atoms with van der Waals surface area (Å²) in [6.07, 6.45) is 6.19. The van der Waals surface area contributed by atoms with E-state index in [2.05, 4.69) is 26.2 Å². The minimum Gasteiger partial charge on any atom is -0.392 e. The van der Waals surface area contributed by atoms with Crippen molar-refractivity contribution in [3.05, 3.63) is 0 Å². The van der Waals surface area contributed by atoms with Gasteiger partial charge in [-0.1, -0.05) is 13.8 Å². The molecule has 88 valence electrons. The third kappa shape index (κ3) is 1.83. The predicted molar refractivity (Wildman–Crippen MR) is 62.7 cm³/mol. The summed E-state index contributed by atoms with van der Waals surface area (Å²) in [7, 11) is 2.05. The fourth-order valence-corrected chi connectivity index (χ4v) is 3.58. The molecule has 0 aromatic carbocycles. The molecule has 0 radical (unpaired) electrons. The van der Waals surface area contributed by atoms with Gasteiger partial charge in [0.05, 0.1) is 6.10 Å². The number of nitrogens with one attached hydrogen (secondary N) is 1. The van der Waals surface area contributed by atoms with Crippen molar-refractivity contribution in [1.29, 1.82) is 0 Å². The summed E-state index contributed by atoms with van der Waals surface area (Å²) in [5, 5.41) is 13.6. The molecule has 0 saturated heterocycles. The van der Waals surface area contributed by atoms with Gasteiger partial charge in [-0.3, -0.25) is 0 Å². The molecule has 2 N–H and O–H groups in total. The van der Waals surface area contributed by atoms with Gasteiger partial charge in [0.2, 0.25) is 0 Å². The van der Waals surface area contributed by atoms with Gasteiger partial charge < -0.3 is 10.4 Å². The first-order valence-electron chi connectivity index (χ1n) is 6.44. The van der Waals surface area contributed by atoms with Crippen LogP contribution in [0.5, 0.6) is 0 Å². The smallest absolute Gasteiger partial charge is 0.0627 e. The number of rotatable bonds is 2. The molecule has 0 aliphatic heterocycles. The van der Waals surface area contributed by atoms with Crippen molar-refractivity contribution in [2.45, 2.75) is 58.1 Å². The van der Waals surface area contributed by atoms with Gasteiger partial charge in [-0.2, -0.15) is 0 Å². The molecule has 2 saturated carbocycles. The van der Waals surface area contributed by atoms with Gasteiger partial charge in [0.25, 0.3) is 0 Å². The van der Waals surface area contributed by atoms with Crippen LogP contribution in [-0.4, -0.2) is 24.3 Å². The van der Waals surface area contributed by atoms with E-state index in [0.29, 0.717) is 23.3 Å². The van der Waals surface area contributed by atoms with Crippen LogP contribution < -0.4 is 5.32 Å². The van der Waals surface area contributed by atoms with Crippen LogP contribution in [0.4, 0.5) is 0 Å². The quantitative estimate of drug-likeness (QED) is 0.733. The molecule has 0 aromatic heterocycles. The molecule has 1 unspecified atom stereocenters. The van der Waals surface area contributed by atoms with E-state index >= 15 is 0 Å². The number of aliphatic hydroxyl groups is 1. The van der Waals surface area contributed by atoms with Crippen molar-refractivity contribution < 1.29 is 5.11 Å². The Morgan fingerprint density at radius 3 is 2.27 bits per heavy atom. The minimum atomic E-state index is -0.0182. The second kappa shape index (κ2) is 4.06. The van der Waals surface area contributed by atoms with Crippen LogP contribution in [0.25, 0.3) is 0 Å². The maximum atomic E-state index is 10.3. The van der Waals surface area contributed by atoms with Gasteiger partial charge in [0, 0.05) is 6.04 Å². The number of hydrogen-bond acceptors (Lipinski definition) is 2. The molecule has 1 spiro atoms. The Kier molecular flexibility index (Phi) is 3.09. The van der Waals surface area contributed by atoms with Gasteiger partial charge >= 0.3 is 0 Å². The first kappa shape index (κ1) is 11.4. The largest absolute Gasteiger partial charge is 0.392 e. The molecule has 2 rings (SSSR count). The molecule has 0 heterocycles. The molecule has 15 heavy (non-hydrogen) atoms. The highest BCUT2D eigenvalue weighted by Crippen LogP contribution is 2.56. The van der Waals surface area contributed by atoms with E-state index in [0.717, 1.165) is 0 Å². The zero-order chi connectivity index (χ0) is 11.1. The Labute approximate surface area is 93.5 Å². The third-order valence-corrected chi connectivity index (χ3v) is 4.92. The van der Waals surface area contributed by atoms with Gasteiger partial charge in [-0.15, -0.1) is 0 Å². The fraction of sp³-hybridized carbons (Fsp3) is 1.00. The highest BCUT2D eigenvalue weighted by molar-refractivity contribution is 5.05. The third-order valence-electron chi connectivity index (χ3n) is 4.92. The Bertz CT molecular complexity index is 219. The summed E-state index contributed by atoms with van der Waals surface area (Å²) >= 11 is 0. The monoisotopic (exact) mass is 211 g/mol. The van der Waals surface area contributed by atoms with E-state index in [4.69, 9.17) is 0 Å². The Morgan fingerprint density at radius 2 is 1.87 bits per heavy atom. The summed E-state index contributed by atoms with van der Waals surface area (Å²) in [5.41, 5.74) is 0.308. The summed E-state index contributed by atoms with van der Waals surface area (Å²) in [6, 6.07) is 0.695. The standard InChI is InChI=1S/C13H25NO/c1-9(2)11-8-13(12(11)15)6-4-10(14-3)5-7-13/h9-12,14-15H,4-8H2,1-3H3/t10?,11?,12-,13?/m1/s1. The van der Waals surface area contributed by atoms with Gasteiger partial charge in [0.1, 0.15) is 0 Å². The molecule has 0 aromatic rings. The van der Waals surface area contributed by atoms with Crippen molar-refractivity contribution in [3.63, 3.8) is 0 Å². The molecule has 2 nitrogen and oxygen atoms in total. The number of hydrogen-bond donors (Lipinski definition) is 2. The summed E-state index contributed by atoms with van der Waals surface area (Å²) in [4.78, 5) is 0. The van der Waals surface area contributed by atoms with E-state index in [1.54, 1.807) is 0 Å². The Balaban J connectivity index is 1.90. The maximum absolute atomic E-state index is 10.3. The first-order valence-corrected chi connectivity index (χ1v) is 6.44. The second-order valence-corrected chi connectivity index (χ2v) is 5.98. The molecule has 2 aliphatic rings. The zero-order valence-corrected chi connectivity index (χ0v) is 10.3. The van der Waals surface area contributed by atoms with Crippen LogP contribution in [0.2, 0.25) is 0 Å². The molecule has 0 amide bonds. The topological polar surface area (TPSA) is 32.3 Å². The van der Waals surface area contributed by atoms with Crippen molar-refractivity contribution in [2.24, 2.45) is 17.3 Å². The van der Waals surface area contributed by atoms with Crippen LogP contribution in [0.15, 0.2) is 0 Å². The van der Waals surface area contributed by atoms with Gasteiger partial charge in [-0.25, -0.2) is 0 Å². The van der Waals surface area contributed by atoms with Crippen LogP contribution in [0.1, 0.15) is 46.0 Å². The SMILES string of the molecule is CNC1CCC2(CC1)CC(C(C)C)[C@H]2O. The van der Waals surface area contributed by atoms with Crippen LogP contribution in [0.3, 0.4) is 0 Å². The summed E-state index contributed by atoms with van der Waals surface area (Å²) < 4.78 is 0. The molecule has 2 atom stereocenters. The van der Waals surface area contributed by atoms with Crippen molar-refractivity contribution in [1.82, 2.24) is 5.32 Å². The van der Waals surface area contributed by atoms with Crippen LogP contribution in [0, 0.1) is 17.3 Å². The highest BCUT2D eigenvalue weighted by Gasteiger charge is 2.54. The lowest BCUT2D eigenvalue weighted by Gasteiger charge is -2.57. The summed E-state index contributed by atoms with van der Waals surface area (Å²) in [5.74, 6) is 1.21. The normalized spacial score (nSPS) is 45.8. The molecular formula is C13H25NO. The molecule has 2 fully saturated rings. The zero-order valence-electron chi connectivity index (χ0n) is 10.3. The maximum Gasteiger partial charge on any atom is 0.0627 e. The van der Waals surface area contributed by atoms with E-state index in [9.17, 15) is 5.11 Å². The molecule has 2 aliphatic carbocycles. The summed E-state index contributed by atoms with van der Waals surface area (Å²) in [6.45, 7) is 4.47. The highest BCUT2D eigenvalue weighted by atomic mass is 16.3. The second-order valence-electron chi connectivity index (χ2n) is 5.98. The molecule has 0 bridgehead atoms. The lowest BCUT2D eigenvalue weighted by molar-refractivity contribution is -0.156. The number of aliphatic hydroxyl groups excluding tert-OH is 1. The lowest BCUT2D eigenvalue weighted by atomic mass is 9.51. The van der Waals surface area contributed by atoms with Crippen molar-refractivity contribution in [3.8, 4) is 0 Å². The minimum absolute atomic E-state index is 0.0182. The van der Waals surface area contributed by atoms with Gasteiger partial charge in [0.15, 0.2) is 0 Å². The van der Waals surface area contributed by atoms with Crippen molar-refractivity contribution in [2.75, 3.05) is 7.05 Å². The van der Waals surface area contributed by atoms with Crippen molar-refractivity contribution >= 4 is 0 Å². The Hall–Kier alpha value is -0.0800.